The van der Waals surface area contributed by atoms with Gasteiger partial charge in [-0.2, -0.15) is 0 Å². The van der Waals surface area contributed by atoms with Crippen molar-refractivity contribution in [1.82, 2.24) is 20.0 Å². The number of piperidine rings is 1. The Morgan fingerprint density at radius 2 is 1.78 bits per heavy atom. The number of nitrogens with zero attached hydrogens (tertiary/aromatic N) is 4. The molecule has 2 unspecified atom stereocenters. The van der Waals surface area contributed by atoms with Gasteiger partial charge in [-0.05, 0) is 58.4 Å². The fourth-order valence-electron chi connectivity index (χ4n) is 4.98. The largest absolute Gasteiger partial charge is 0.444 e. The summed E-state index contributed by atoms with van der Waals surface area (Å²) in [6, 6.07) is 4.52. The predicted octanol–water partition coefficient (Wildman–Crippen LogP) is 1.26. The highest BCUT2D eigenvalue weighted by Gasteiger charge is 2.44. The lowest BCUT2D eigenvalue weighted by Crippen LogP contribution is -2.57. The minimum Gasteiger partial charge on any atom is -0.444 e. The van der Waals surface area contributed by atoms with Crippen molar-refractivity contribution in [3.8, 4) is 0 Å². The van der Waals surface area contributed by atoms with Gasteiger partial charge in [-0.15, -0.1) is 0 Å². The Morgan fingerprint density at radius 3 is 2.43 bits per heavy atom. The number of hydrogen-bond donors (Lipinski definition) is 2. The van der Waals surface area contributed by atoms with E-state index in [-0.39, 0.29) is 24.8 Å². The standard InChI is InChI=1S/C26H37N5O6/c1-26(2,3)37-25(36)28(4)10-5-11-29-12-14-30(15-13-29)17-6-7-18-19(16-17)24(35)31(23(18)34)20-8-9-21(32)27-22(20)33/h6-7,16,20,22,33H,5,8-15H2,1-4H3,(H,27,32). The van der Waals surface area contributed by atoms with Crippen molar-refractivity contribution in [2.45, 2.75) is 57.9 Å². The zero-order valence-electron chi connectivity index (χ0n) is 22.0. The van der Waals surface area contributed by atoms with Gasteiger partial charge in [0.1, 0.15) is 11.8 Å². The van der Waals surface area contributed by atoms with E-state index < -0.39 is 29.7 Å². The minimum atomic E-state index is -1.26. The minimum absolute atomic E-state index is 0.155. The summed E-state index contributed by atoms with van der Waals surface area (Å²) in [5.41, 5.74) is 1.03. The quantitative estimate of drug-likeness (QED) is 0.543. The monoisotopic (exact) mass is 515 g/mol. The topological polar surface area (TPSA) is 123 Å². The molecule has 0 aromatic heterocycles. The number of imide groups is 1. The highest BCUT2D eigenvalue weighted by atomic mass is 16.6. The van der Waals surface area contributed by atoms with Crippen LogP contribution in [-0.4, -0.2) is 108 Å². The van der Waals surface area contributed by atoms with Crippen molar-refractivity contribution >= 4 is 29.5 Å². The van der Waals surface area contributed by atoms with E-state index in [2.05, 4.69) is 15.1 Å². The van der Waals surface area contributed by atoms with Crippen molar-refractivity contribution in [1.29, 1.82) is 0 Å². The van der Waals surface area contributed by atoms with E-state index in [4.69, 9.17) is 4.74 Å². The molecule has 4 amide bonds. The second-order valence-corrected chi connectivity index (χ2v) is 10.9. The second kappa shape index (κ2) is 10.7. The van der Waals surface area contributed by atoms with Crippen LogP contribution in [0.5, 0.6) is 0 Å². The van der Waals surface area contributed by atoms with Crippen LogP contribution in [0.4, 0.5) is 10.5 Å². The van der Waals surface area contributed by atoms with Gasteiger partial charge in [-0.1, -0.05) is 0 Å². The normalized spacial score (nSPS) is 22.7. The van der Waals surface area contributed by atoms with Crippen LogP contribution in [0, 0.1) is 0 Å². The van der Waals surface area contributed by atoms with E-state index in [0.717, 1.165) is 49.7 Å². The molecule has 0 radical (unpaired) electrons. The number of piperazine rings is 1. The number of aliphatic hydroxyl groups excluding tert-OH is 1. The maximum absolute atomic E-state index is 13.1. The van der Waals surface area contributed by atoms with Crippen molar-refractivity contribution in [2.75, 3.05) is 51.2 Å². The first-order chi connectivity index (χ1) is 17.4. The van der Waals surface area contributed by atoms with E-state index in [1.54, 1.807) is 24.1 Å². The molecule has 2 atom stereocenters. The maximum atomic E-state index is 13.1. The lowest BCUT2D eigenvalue weighted by atomic mass is 10.0. The van der Waals surface area contributed by atoms with E-state index in [9.17, 15) is 24.3 Å². The number of anilines is 1. The van der Waals surface area contributed by atoms with Gasteiger partial charge in [0.25, 0.3) is 11.8 Å². The Balaban J connectivity index is 1.29. The fraction of sp³-hybridized carbons (Fsp3) is 0.615. The van der Waals surface area contributed by atoms with Crippen molar-refractivity contribution in [2.24, 2.45) is 0 Å². The molecule has 3 aliphatic heterocycles. The van der Waals surface area contributed by atoms with Crippen LogP contribution < -0.4 is 10.2 Å². The lowest BCUT2D eigenvalue weighted by Gasteiger charge is -2.36. The first kappa shape index (κ1) is 26.9. The number of hydrogen-bond acceptors (Lipinski definition) is 8. The SMILES string of the molecule is CN(CCCN1CCN(c2ccc3c(c2)C(=O)N(C2CCC(=O)NC2O)C3=O)CC1)C(=O)OC(C)(C)C. The highest BCUT2D eigenvalue weighted by Crippen LogP contribution is 2.31. The summed E-state index contributed by atoms with van der Waals surface area (Å²) in [5.74, 6) is -1.17. The molecule has 1 aromatic rings. The lowest BCUT2D eigenvalue weighted by molar-refractivity contribution is -0.129. The summed E-state index contributed by atoms with van der Waals surface area (Å²) >= 11 is 0. The molecular weight excluding hydrogens is 478 g/mol. The zero-order chi connectivity index (χ0) is 26.9. The molecule has 1 aromatic carbocycles. The Labute approximate surface area is 217 Å². The first-order valence-corrected chi connectivity index (χ1v) is 12.9. The van der Waals surface area contributed by atoms with E-state index in [1.807, 2.05) is 26.8 Å². The molecule has 11 nitrogen and oxygen atoms in total. The Bertz CT molecular complexity index is 1060. The van der Waals surface area contributed by atoms with Crippen LogP contribution in [0.2, 0.25) is 0 Å². The highest BCUT2D eigenvalue weighted by molar-refractivity contribution is 6.22. The van der Waals surface area contributed by atoms with Gasteiger partial charge in [0.05, 0.1) is 17.2 Å². The van der Waals surface area contributed by atoms with Crippen LogP contribution in [0.15, 0.2) is 18.2 Å². The Kier molecular flexibility index (Phi) is 7.75. The number of carbonyl (C=O) groups excluding carboxylic acids is 4. The third-order valence-corrected chi connectivity index (χ3v) is 6.98. The third kappa shape index (κ3) is 6.04. The van der Waals surface area contributed by atoms with Gasteiger partial charge >= 0.3 is 6.09 Å². The Hall–Kier alpha value is -3.18. The van der Waals surface area contributed by atoms with Gasteiger partial charge < -0.3 is 25.0 Å². The molecule has 202 valence electrons. The summed E-state index contributed by atoms with van der Waals surface area (Å²) in [4.78, 5) is 57.0. The van der Waals surface area contributed by atoms with Gasteiger partial charge in [0.15, 0.2) is 0 Å². The van der Waals surface area contributed by atoms with E-state index in [0.29, 0.717) is 17.7 Å². The van der Waals surface area contributed by atoms with Gasteiger partial charge in [-0.25, -0.2) is 4.79 Å². The molecule has 3 heterocycles. The fourth-order valence-corrected chi connectivity index (χ4v) is 4.98. The predicted molar refractivity (Wildman–Crippen MR) is 136 cm³/mol. The van der Waals surface area contributed by atoms with E-state index >= 15 is 0 Å². The molecule has 2 N–H and O–H groups in total. The molecule has 4 rings (SSSR count). The van der Waals surface area contributed by atoms with Crippen molar-refractivity contribution in [3.05, 3.63) is 29.3 Å². The van der Waals surface area contributed by atoms with Crippen LogP contribution in [0.25, 0.3) is 0 Å². The van der Waals surface area contributed by atoms with Crippen LogP contribution in [-0.2, 0) is 9.53 Å². The molecule has 0 saturated carbocycles. The molecule has 0 aliphatic carbocycles. The average Bonchev–Trinajstić information content (AvgIpc) is 3.08. The molecule has 37 heavy (non-hydrogen) atoms. The molecule has 0 spiro atoms. The molecule has 3 aliphatic rings. The number of fused-ring (bicyclic) bond motifs is 1. The van der Waals surface area contributed by atoms with E-state index in [1.165, 1.54) is 0 Å². The summed E-state index contributed by atoms with van der Waals surface area (Å²) in [5, 5.41) is 12.7. The van der Waals surface area contributed by atoms with Gasteiger partial charge in [0, 0.05) is 51.9 Å². The van der Waals surface area contributed by atoms with Crippen molar-refractivity contribution < 1.29 is 29.0 Å². The number of amides is 4. The number of benzene rings is 1. The smallest absolute Gasteiger partial charge is 0.410 e. The number of rotatable bonds is 6. The molecule has 2 saturated heterocycles. The summed E-state index contributed by atoms with van der Waals surface area (Å²) in [6.45, 7) is 10.3. The molecular formula is C26H37N5O6. The molecule has 11 heteroatoms. The maximum Gasteiger partial charge on any atom is 0.410 e. The van der Waals surface area contributed by atoms with Crippen LogP contribution in [0.3, 0.4) is 0 Å². The molecule has 0 bridgehead atoms. The third-order valence-electron chi connectivity index (χ3n) is 6.98. The van der Waals surface area contributed by atoms with Crippen LogP contribution >= 0.6 is 0 Å². The summed E-state index contributed by atoms with van der Waals surface area (Å²) < 4.78 is 5.39. The molecule has 2 fully saturated rings. The number of carbonyl (C=O) groups is 4. The Morgan fingerprint density at radius 1 is 1.11 bits per heavy atom. The van der Waals surface area contributed by atoms with Gasteiger partial charge in [-0.3, -0.25) is 24.2 Å². The van der Waals surface area contributed by atoms with Gasteiger partial charge in [0.2, 0.25) is 5.91 Å². The van der Waals surface area contributed by atoms with Crippen LogP contribution in [0.1, 0.15) is 60.7 Å². The summed E-state index contributed by atoms with van der Waals surface area (Å²) in [7, 11) is 1.75. The summed E-state index contributed by atoms with van der Waals surface area (Å²) in [6.07, 6.45) is -0.347. The zero-order valence-corrected chi connectivity index (χ0v) is 22.0. The number of nitrogens with one attached hydrogen (secondary N) is 1. The number of aliphatic hydroxyl groups is 1. The average molecular weight is 516 g/mol. The second-order valence-electron chi connectivity index (χ2n) is 10.9. The number of ether oxygens (including phenoxy) is 1. The first-order valence-electron chi connectivity index (χ1n) is 12.9. The van der Waals surface area contributed by atoms with Crippen molar-refractivity contribution in [3.63, 3.8) is 0 Å².